The number of benzene rings is 3. The molecule has 2 heterocycles. The summed E-state index contributed by atoms with van der Waals surface area (Å²) in [5.74, 6) is -1.41. The Kier molecular flexibility index (Phi) is 9.34. The molecule has 4 aromatic rings. The van der Waals surface area contributed by atoms with Gasteiger partial charge >= 0.3 is 0 Å². The Bertz CT molecular complexity index is 1570. The van der Waals surface area contributed by atoms with Crippen LogP contribution < -0.4 is 10.2 Å². The van der Waals surface area contributed by atoms with Gasteiger partial charge in [-0.05, 0) is 16.7 Å². The number of ether oxygens (including phenoxy) is 2. The summed E-state index contributed by atoms with van der Waals surface area (Å²) in [7, 11) is 4.36. The summed E-state index contributed by atoms with van der Waals surface area (Å²) >= 11 is 0. The lowest BCUT2D eigenvalue weighted by Crippen LogP contribution is -2.48. The topological polar surface area (TPSA) is 90.3 Å². The fraction of sp³-hybridized carbons (Fsp3) is 0.265. The van der Waals surface area contributed by atoms with E-state index in [4.69, 9.17) is 14.3 Å². The van der Waals surface area contributed by atoms with Gasteiger partial charge in [0.05, 0.1) is 19.8 Å². The van der Waals surface area contributed by atoms with Gasteiger partial charge in [0, 0.05) is 39.4 Å². The number of rotatable bonds is 11. The van der Waals surface area contributed by atoms with Gasteiger partial charge in [0.2, 0.25) is 5.43 Å². The minimum atomic E-state index is -0.673. The summed E-state index contributed by atoms with van der Waals surface area (Å²) in [4.78, 5) is 48.4. The summed E-state index contributed by atoms with van der Waals surface area (Å²) in [6, 6.07) is 29.0. The predicted octanol–water partition coefficient (Wildman–Crippen LogP) is 4.54. The molecule has 0 N–H and O–H groups in total. The molecule has 0 spiro atoms. The average Bonchev–Trinajstić information content (AvgIpc) is 3.05. The minimum absolute atomic E-state index is 0.0393. The Morgan fingerprint density at radius 3 is 2.05 bits per heavy atom. The number of aromatic nitrogens is 1. The Hall–Kier alpha value is -4.73. The zero-order chi connectivity index (χ0) is 30.3. The van der Waals surface area contributed by atoms with Gasteiger partial charge in [-0.15, -0.1) is 0 Å². The van der Waals surface area contributed by atoms with E-state index in [1.807, 2.05) is 91.0 Å². The molecule has 0 unspecified atom stereocenters. The summed E-state index contributed by atoms with van der Waals surface area (Å²) in [6.45, 7) is 0.997. The van der Waals surface area contributed by atoms with Gasteiger partial charge in [0.15, 0.2) is 11.4 Å². The van der Waals surface area contributed by atoms with Crippen LogP contribution >= 0.6 is 0 Å². The van der Waals surface area contributed by atoms with Crippen LogP contribution in [0.15, 0.2) is 102 Å². The van der Waals surface area contributed by atoms with E-state index in [-0.39, 0.29) is 35.4 Å². The molecule has 0 saturated heterocycles. The number of hydroxylamine groups is 2. The van der Waals surface area contributed by atoms with Crippen LogP contribution in [0.2, 0.25) is 0 Å². The molecule has 9 heteroatoms. The molecule has 0 radical (unpaired) electrons. The van der Waals surface area contributed by atoms with Crippen molar-refractivity contribution in [2.45, 2.75) is 18.6 Å². The molecule has 1 atom stereocenters. The maximum Gasteiger partial charge on any atom is 0.282 e. The van der Waals surface area contributed by atoms with E-state index in [0.29, 0.717) is 19.7 Å². The second-order valence-corrected chi connectivity index (χ2v) is 10.3. The lowest BCUT2D eigenvalue weighted by Gasteiger charge is -2.41. The molecule has 1 aliphatic rings. The third-order valence-corrected chi connectivity index (χ3v) is 7.73. The van der Waals surface area contributed by atoms with Crippen molar-refractivity contribution in [1.29, 1.82) is 0 Å². The fourth-order valence-electron chi connectivity index (χ4n) is 5.51. The zero-order valence-corrected chi connectivity index (χ0v) is 24.5. The fourth-order valence-corrected chi connectivity index (χ4v) is 5.51. The number of carbonyl (C=O) groups is 2. The highest BCUT2D eigenvalue weighted by Gasteiger charge is 2.40. The van der Waals surface area contributed by atoms with Crippen LogP contribution in [0.1, 0.15) is 49.5 Å². The molecular formula is C34H35N3O6. The first-order valence-electron chi connectivity index (χ1n) is 14.1. The first-order chi connectivity index (χ1) is 20.9. The number of pyridine rings is 1. The molecule has 0 saturated carbocycles. The Labute approximate surface area is 250 Å². The van der Waals surface area contributed by atoms with E-state index in [9.17, 15) is 14.4 Å². The number of hydrogen-bond acceptors (Lipinski definition) is 6. The summed E-state index contributed by atoms with van der Waals surface area (Å²) in [5, 5.41) is 0.987. The van der Waals surface area contributed by atoms with Crippen molar-refractivity contribution in [3.63, 3.8) is 0 Å². The molecule has 222 valence electrons. The summed E-state index contributed by atoms with van der Waals surface area (Å²) in [6.07, 6.45) is 1.49. The third kappa shape index (κ3) is 6.23. The molecule has 1 aliphatic heterocycles. The zero-order valence-electron chi connectivity index (χ0n) is 24.5. The number of amides is 2. The first kappa shape index (κ1) is 29.8. The molecule has 0 fully saturated rings. The molecule has 0 bridgehead atoms. The van der Waals surface area contributed by atoms with Crippen LogP contribution in [0.4, 0.5) is 0 Å². The van der Waals surface area contributed by atoms with Gasteiger partial charge in [-0.1, -0.05) is 91.0 Å². The molecule has 2 amide bonds. The SMILES string of the molecule is COCCN1C[C@H](C(c2ccccc2)c2ccccc2)n2cc(C(=O)N(C)OC)c(=O)c(OCc3ccccc3)c2C1=O. The Morgan fingerprint density at radius 1 is 0.907 bits per heavy atom. The minimum Gasteiger partial charge on any atom is -0.483 e. The highest BCUT2D eigenvalue weighted by Crippen LogP contribution is 2.40. The maximum absolute atomic E-state index is 14.1. The van der Waals surface area contributed by atoms with Gasteiger partial charge in [-0.2, -0.15) is 0 Å². The lowest BCUT2D eigenvalue weighted by molar-refractivity contribution is -0.0758. The van der Waals surface area contributed by atoms with Crippen molar-refractivity contribution in [3.05, 3.63) is 135 Å². The molecule has 43 heavy (non-hydrogen) atoms. The molecule has 1 aromatic heterocycles. The second-order valence-electron chi connectivity index (χ2n) is 10.3. The van der Waals surface area contributed by atoms with Crippen molar-refractivity contribution >= 4 is 11.8 Å². The smallest absolute Gasteiger partial charge is 0.282 e. The monoisotopic (exact) mass is 581 g/mol. The largest absolute Gasteiger partial charge is 0.483 e. The van der Waals surface area contributed by atoms with E-state index >= 15 is 0 Å². The van der Waals surface area contributed by atoms with Crippen molar-refractivity contribution in [3.8, 4) is 5.75 Å². The van der Waals surface area contributed by atoms with Crippen LogP contribution in [0.25, 0.3) is 0 Å². The number of fused-ring (bicyclic) bond motifs is 1. The van der Waals surface area contributed by atoms with Crippen LogP contribution in [-0.2, 0) is 16.2 Å². The second kappa shape index (κ2) is 13.5. The predicted molar refractivity (Wildman–Crippen MR) is 162 cm³/mol. The summed E-state index contributed by atoms with van der Waals surface area (Å²) in [5.41, 5.74) is 2.14. The van der Waals surface area contributed by atoms with Gasteiger partial charge in [-0.25, -0.2) is 5.06 Å². The quantitative estimate of drug-likeness (QED) is 0.242. The highest BCUT2D eigenvalue weighted by molar-refractivity contribution is 5.99. The number of methoxy groups -OCH3 is 1. The van der Waals surface area contributed by atoms with Gasteiger partial charge in [0.25, 0.3) is 11.8 Å². The van der Waals surface area contributed by atoms with Gasteiger partial charge in [0.1, 0.15) is 12.2 Å². The van der Waals surface area contributed by atoms with Crippen molar-refractivity contribution in [1.82, 2.24) is 14.5 Å². The van der Waals surface area contributed by atoms with Crippen LogP contribution in [0.3, 0.4) is 0 Å². The lowest BCUT2D eigenvalue weighted by atomic mass is 9.83. The number of hydrogen-bond donors (Lipinski definition) is 0. The van der Waals surface area contributed by atoms with Crippen LogP contribution in [0, 0.1) is 0 Å². The van der Waals surface area contributed by atoms with Crippen molar-refractivity contribution < 1.29 is 23.9 Å². The molecule has 3 aromatic carbocycles. The Balaban J connectivity index is 1.76. The Morgan fingerprint density at radius 2 is 1.49 bits per heavy atom. The van der Waals surface area contributed by atoms with Crippen molar-refractivity contribution in [2.75, 3.05) is 41.0 Å². The molecule has 0 aliphatic carbocycles. The van der Waals surface area contributed by atoms with Crippen molar-refractivity contribution in [2.24, 2.45) is 0 Å². The standard InChI is InChI=1S/C34H35N3O6/c1-35(42-3)33(39)27-21-37-28(29(25-15-9-5-10-16-25)26-17-11-6-12-18-26)22-36(19-20-41-2)34(40)30(37)32(31(27)38)43-23-24-13-7-4-8-14-24/h4-18,21,28-29H,19-20,22-23H2,1-3H3/t28-/m1/s1. The van der Waals surface area contributed by atoms with E-state index in [1.54, 1.807) is 16.6 Å². The number of carbonyl (C=O) groups excluding carboxylic acids is 2. The van der Waals surface area contributed by atoms with Gasteiger partial charge < -0.3 is 18.9 Å². The van der Waals surface area contributed by atoms with E-state index in [0.717, 1.165) is 21.8 Å². The third-order valence-electron chi connectivity index (χ3n) is 7.73. The summed E-state index contributed by atoms with van der Waals surface area (Å²) < 4.78 is 13.3. The highest BCUT2D eigenvalue weighted by atomic mass is 16.7. The maximum atomic E-state index is 14.1. The molecule has 9 nitrogen and oxygen atoms in total. The van der Waals surface area contributed by atoms with Gasteiger partial charge in [-0.3, -0.25) is 19.2 Å². The van der Waals surface area contributed by atoms with Crippen LogP contribution in [0.5, 0.6) is 5.75 Å². The van der Waals surface area contributed by atoms with E-state index in [2.05, 4.69) is 0 Å². The van der Waals surface area contributed by atoms with Crippen LogP contribution in [-0.4, -0.2) is 67.3 Å². The normalized spacial score (nSPS) is 14.5. The first-order valence-corrected chi connectivity index (χ1v) is 14.1. The van der Waals surface area contributed by atoms with E-state index < -0.39 is 17.4 Å². The number of nitrogens with zero attached hydrogens (tertiary/aromatic N) is 3. The van der Waals surface area contributed by atoms with E-state index in [1.165, 1.54) is 20.4 Å². The molecular weight excluding hydrogens is 546 g/mol. The molecule has 5 rings (SSSR count). The average molecular weight is 582 g/mol.